The summed E-state index contributed by atoms with van der Waals surface area (Å²) < 4.78 is 0. The van der Waals surface area contributed by atoms with E-state index in [4.69, 9.17) is 5.73 Å². The summed E-state index contributed by atoms with van der Waals surface area (Å²) in [6.07, 6.45) is 5.51. The van der Waals surface area contributed by atoms with E-state index in [1.165, 1.54) is 31.2 Å². The highest BCUT2D eigenvalue weighted by Crippen LogP contribution is 2.19. The molecule has 0 aliphatic heterocycles. The summed E-state index contributed by atoms with van der Waals surface area (Å²) in [5.41, 5.74) is 8.13. The summed E-state index contributed by atoms with van der Waals surface area (Å²) in [6.45, 7) is 1.32. The molecule has 40 heavy (non-hydrogen) atoms. The Labute approximate surface area is 235 Å². The highest BCUT2D eigenvalue weighted by atomic mass is 32.2. The lowest BCUT2D eigenvalue weighted by Gasteiger charge is -2.26. The SMILES string of the molecule is CSCCC(NC(=O)C(Cc1c[nH]c2ccccc12)NC(=O)C(NC(=O)C(N)Cc1cnc[nH]1)C(C)O)C(=O)O. The second-order valence-electron chi connectivity index (χ2n) is 9.42. The average Bonchev–Trinajstić information content (AvgIpc) is 3.58. The second kappa shape index (κ2) is 14.5. The number of aliphatic hydroxyl groups is 1. The molecule has 0 spiro atoms. The predicted octanol–water partition coefficient (Wildman–Crippen LogP) is -0.324. The number of nitrogens with two attached hydrogens (primary N) is 1. The fourth-order valence-corrected chi connectivity index (χ4v) is 4.62. The number of nitrogens with zero attached hydrogens (tertiary/aromatic N) is 1. The molecule has 0 fully saturated rings. The van der Waals surface area contributed by atoms with Gasteiger partial charge in [0.05, 0.1) is 18.5 Å². The van der Waals surface area contributed by atoms with E-state index >= 15 is 0 Å². The number of H-pyrrole nitrogens is 2. The second-order valence-corrected chi connectivity index (χ2v) is 10.4. The zero-order valence-electron chi connectivity index (χ0n) is 22.2. The van der Waals surface area contributed by atoms with E-state index in [-0.39, 0.29) is 19.3 Å². The molecule has 216 valence electrons. The lowest BCUT2D eigenvalue weighted by Crippen LogP contribution is -2.60. The number of nitrogens with one attached hydrogen (secondary N) is 5. The number of carboxylic acids is 1. The number of hydrogen-bond donors (Lipinski definition) is 8. The number of aliphatic carboxylic acids is 1. The largest absolute Gasteiger partial charge is 0.480 e. The molecule has 5 atom stereocenters. The third-order valence-electron chi connectivity index (χ3n) is 6.35. The maximum Gasteiger partial charge on any atom is 0.326 e. The van der Waals surface area contributed by atoms with Gasteiger partial charge in [0.25, 0.3) is 0 Å². The number of benzene rings is 1. The van der Waals surface area contributed by atoms with Gasteiger partial charge in [-0.15, -0.1) is 0 Å². The third kappa shape index (κ3) is 8.31. The van der Waals surface area contributed by atoms with Gasteiger partial charge in [-0.3, -0.25) is 14.4 Å². The first-order valence-electron chi connectivity index (χ1n) is 12.7. The minimum atomic E-state index is -1.43. The number of carboxylic acid groups (broad SMARTS) is 1. The van der Waals surface area contributed by atoms with Gasteiger partial charge in [0.15, 0.2) is 0 Å². The number of carbonyl (C=O) groups excluding carboxylic acids is 3. The quantitative estimate of drug-likeness (QED) is 0.119. The fourth-order valence-electron chi connectivity index (χ4n) is 4.15. The summed E-state index contributed by atoms with van der Waals surface area (Å²) in [5, 5.41) is 28.3. The van der Waals surface area contributed by atoms with Crippen LogP contribution in [0, 0.1) is 0 Å². The van der Waals surface area contributed by atoms with Crippen LogP contribution >= 0.6 is 11.8 Å². The Balaban J connectivity index is 1.79. The Morgan fingerprint density at radius 1 is 1.02 bits per heavy atom. The minimum Gasteiger partial charge on any atom is -0.480 e. The van der Waals surface area contributed by atoms with Crippen molar-refractivity contribution in [3.8, 4) is 0 Å². The van der Waals surface area contributed by atoms with Crippen LogP contribution in [0.15, 0.2) is 43.0 Å². The van der Waals surface area contributed by atoms with Crippen molar-refractivity contribution < 1.29 is 29.4 Å². The van der Waals surface area contributed by atoms with E-state index in [1.807, 2.05) is 30.5 Å². The van der Waals surface area contributed by atoms with Crippen LogP contribution in [0.2, 0.25) is 0 Å². The molecule has 5 unspecified atom stereocenters. The number of thioether (sulfide) groups is 1. The molecule has 3 amide bonds. The van der Waals surface area contributed by atoms with Crippen LogP contribution in [0.4, 0.5) is 0 Å². The highest BCUT2D eigenvalue weighted by Gasteiger charge is 2.33. The van der Waals surface area contributed by atoms with Crippen LogP contribution in [-0.2, 0) is 32.0 Å². The molecule has 0 radical (unpaired) electrons. The molecule has 0 saturated heterocycles. The molecule has 3 rings (SSSR count). The van der Waals surface area contributed by atoms with Crippen molar-refractivity contribution in [1.29, 1.82) is 0 Å². The summed E-state index contributed by atoms with van der Waals surface area (Å²) in [7, 11) is 0. The highest BCUT2D eigenvalue weighted by molar-refractivity contribution is 7.98. The van der Waals surface area contributed by atoms with Gasteiger partial charge in [-0.05, 0) is 37.0 Å². The maximum atomic E-state index is 13.3. The summed E-state index contributed by atoms with van der Waals surface area (Å²) >= 11 is 1.44. The number of para-hydroxylation sites is 1. The molecule has 13 nitrogen and oxygen atoms in total. The normalized spacial score (nSPS) is 15.0. The first-order valence-corrected chi connectivity index (χ1v) is 14.1. The van der Waals surface area contributed by atoms with Gasteiger partial charge in [0.1, 0.15) is 18.1 Å². The summed E-state index contributed by atoms with van der Waals surface area (Å²) in [6, 6.07) is 2.58. The van der Waals surface area contributed by atoms with Crippen LogP contribution in [0.1, 0.15) is 24.6 Å². The van der Waals surface area contributed by atoms with Crippen molar-refractivity contribution in [2.75, 3.05) is 12.0 Å². The number of rotatable bonds is 15. The minimum absolute atomic E-state index is 0.0241. The van der Waals surface area contributed by atoms with E-state index in [1.54, 1.807) is 6.20 Å². The van der Waals surface area contributed by atoms with Crippen molar-refractivity contribution >= 4 is 46.4 Å². The van der Waals surface area contributed by atoms with E-state index < -0.39 is 54.0 Å². The Bertz CT molecular complexity index is 1300. The van der Waals surface area contributed by atoms with E-state index in [0.29, 0.717) is 17.0 Å². The van der Waals surface area contributed by atoms with Crippen LogP contribution in [0.25, 0.3) is 10.9 Å². The monoisotopic (exact) mass is 573 g/mol. The Kier molecular flexibility index (Phi) is 11.1. The fraction of sp³-hybridized carbons (Fsp3) is 0.423. The maximum absolute atomic E-state index is 13.3. The third-order valence-corrected chi connectivity index (χ3v) is 7.00. The number of fused-ring (bicyclic) bond motifs is 1. The van der Waals surface area contributed by atoms with Crippen molar-refractivity contribution in [2.24, 2.45) is 5.73 Å². The molecule has 2 heterocycles. The summed E-state index contributed by atoms with van der Waals surface area (Å²) in [5.74, 6) is -2.91. The van der Waals surface area contributed by atoms with Crippen molar-refractivity contribution in [1.82, 2.24) is 30.9 Å². The molecule has 0 saturated carbocycles. The van der Waals surface area contributed by atoms with Crippen LogP contribution in [0.5, 0.6) is 0 Å². The first-order chi connectivity index (χ1) is 19.1. The Hall–Kier alpha value is -3.88. The molecule has 9 N–H and O–H groups in total. The molecule has 1 aromatic carbocycles. The topological polar surface area (TPSA) is 215 Å². The molecule has 14 heteroatoms. The molecule has 3 aromatic rings. The number of aromatic nitrogens is 3. The van der Waals surface area contributed by atoms with Gasteiger partial charge in [-0.2, -0.15) is 11.8 Å². The van der Waals surface area contributed by atoms with E-state index in [2.05, 4.69) is 30.9 Å². The van der Waals surface area contributed by atoms with Gasteiger partial charge in [0, 0.05) is 41.8 Å². The zero-order chi connectivity index (χ0) is 29.2. The van der Waals surface area contributed by atoms with Crippen molar-refractivity contribution in [2.45, 2.75) is 56.5 Å². The molecular weight excluding hydrogens is 538 g/mol. The van der Waals surface area contributed by atoms with E-state index in [0.717, 1.165) is 10.9 Å². The molecule has 0 bridgehead atoms. The van der Waals surface area contributed by atoms with Crippen LogP contribution in [0.3, 0.4) is 0 Å². The predicted molar refractivity (Wildman–Crippen MR) is 150 cm³/mol. The van der Waals surface area contributed by atoms with Gasteiger partial charge in [-0.25, -0.2) is 9.78 Å². The zero-order valence-corrected chi connectivity index (χ0v) is 23.0. The Morgan fingerprint density at radius 2 is 1.75 bits per heavy atom. The number of amides is 3. The summed E-state index contributed by atoms with van der Waals surface area (Å²) in [4.78, 5) is 60.9. The lowest BCUT2D eigenvalue weighted by molar-refractivity contribution is -0.142. The standard InChI is InChI=1S/C26H35N7O6S/c1-14(34)22(33-23(35)18(27)10-16-12-28-13-30-16)25(37)32-21(24(36)31-20(26(38)39)7-8-40-2)9-15-11-29-19-6-4-3-5-17(15)19/h3-6,11-14,18,20-22,29,34H,7-10,27H2,1-2H3,(H,28,30)(H,31,36)(H,32,37)(H,33,35)(H,38,39). The first kappa shape index (κ1) is 30.7. The number of carbonyl (C=O) groups is 4. The van der Waals surface area contributed by atoms with Crippen LogP contribution < -0.4 is 21.7 Å². The number of aromatic amines is 2. The van der Waals surface area contributed by atoms with Gasteiger partial charge in [-0.1, -0.05) is 18.2 Å². The van der Waals surface area contributed by atoms with Gasteiger partial charge in [0.2, 0.25) is 17.7 Å². The van der Waals surface area contributed by atoms with Gasteiger partial charge >= 0.3 is 5.97 Å². The molecular formula is C26H35N7O6S. The average molecular weight is 574 g/mol. The molecule has 0 aliphatic rings. The van der Waals surface area contributed by atoms with Crippen molar-refractivity contribution in [3.63, 3.8) is 0 Å². The molecule has 0 aliphatic carbocycles. The Morgan fingerprint density at radius 3 is 2.40 bits per heavy atom. The number of hydrogen-bond acceptors (Lipinski definition) is 8. The molecule has 2 aromatic heterocycles. The smallest absolute Gasteiger partial charge is 0.326 e. The van der Waals surface area contributed by atoms with Gasteiger partial charge < -0.3 is 41.9 Å². The number of imidazole rings is 1. The lowest BCUT2D eigenvalue weighted by atomic mass is 10.0. The van der Waals surface area contributed by atoms with Crippen molar-refractivity contribution in [3.05, 3.63) is 54.2 Å². The van der Waals surface area contributed by atoms with Crippen LogP contribution in [-0.4, -0.2) is 91.1 Å². The number of aliphatic hydroxyl groups excluding tert-OH is 1. The van der Waals surface area contributed by atoms with E-state index in [9.17, 15) is 29.4 Å².